The van der Waals surface area contributed by atoms with Gasteiger partial charge >= 0.3 is 0 Å². The SMILES string of the molecule is CCOCC1CC(C(=O)NN2C=COC2c2ccc(C(=O)c3cccnc3)cc2)CCO1. The van der Waals surface area contributed by atoms with Crippen molar-refractivity contribution in [2.75, 3.05) is 19.8 Å². The Hall–Kier alpha value is -3.23. The van der Waals surface area contributed by atoms with E-state index in [-0.39, 0.29) is 23.7 Å². The van der Waals surface area contributed by atoms with E-state index in [0.29, 0.717) is 43.8 Å². The van der Waals surface area contributed by atoms with E-state index in [4.69, 9.17) is 14.2 Å². The third kappa shape index (κ3) is 5.15. The van der Waals surface area contributed by atoms with Crippen LogP contribution in [0.2, 0.25) is 0 Å². The van der Waals surface area contributed by atoms with Crippen LogP contribution in [0.15, 0.2) is 61.3 Å². The van der Waals surface area contributed by atoms with Crippen LogP contribution in [0.3, 0.4) is 0 Å². The van der Waals surface area contributed by atoms with Gasteiger partial charge in [0.05, 0.1) is 18.9 Å². The lowest BCUT2D eigenvalue weighted by atomic mass is 9.95. The first-order valence-electron chi connectivity index (χ1n) is 10.8. The highest BCUT2D eigenvalue weighted by Crippen LogP contribution is 2.28. The lowest BCUT2D eigenvalue weighted by Crippen LogP contribution is -2.45. The normalized spacial score (nSPS) is 22.4. The molecule has 168 valence electrons. The number of benzene rings is 1. The molecule has 0 aliphatic carbocycles. The highest BCUT2D eigenvalue weighted by Gasteiger charge is 2.31. The number of hydrogen-bond donors (Lipinski definition) is 1. The number of nitrogens with zero attached hydrogens (tertiary/aromatic N) is 2. The number of carbonyl (C=O) groups excluding carboxylic acids is 2. The first-order valence-corrected chi connectivity index (χ1v) is 10.8. The van der Waals surface area contributed by atoms with Crippen LogP contribution in [0, 0.1) is 5.92 Å². The number of hydrogen-bond acceptors (Lipinski definition) is 7. The summed E-state index contributed by atoms with van der Waals surface area (Å²) in [7, 11) is 0. The molecule has 4 rings (SSSR count). The maximum absolute atomic E-state index is 12.9. The third-order valence-corrected chi connectivity index (χ3v) is 5.55. The second-order valence-electron chi connectivity index (χ2n) is 7.72. The van der Waals surface area contributed by atoms with Gasteiger partial charge in [-0.15, -0.1) is 0 Å². The molecule has 3 atom stereocenters. The predicted octanol–water partition coefficient (Wildman–Crippen LogP) is 2.98. The third-order valence-electron chi connectivity index (χ3n) is 5.55. The molecular weight excluding hydrogens is 410 g/mol. The number of ketones is 1. The van der Waals surface area contributed by atoms with Crippen LogP contribution in [-0.2, 0) is 19.0 Å². The molecule has 2 aromatic rings. The summed E-state index contributed by atoms with van der Waals surface area (Å²) in [6.07, 6.45) is 7.14. The highest BCUT2D eigenvalue weighted by atomic mass is 16.5. The van der Waals surface area contributed by atoms with Gasteiger partial charge in [-0.25, -0.2) is 5.01 Å². The summed E-state index contributed by atoms with van der Waals surface area (Å²) in [6.45, 7) is 3.60. The Morgan fingerprint density at radius 3 is 2.81 bits per heavy atom. The van der Waals surface area contributed by atoms with E-state index in [1.165, 1.54) is 0 Å². The summed E-state index contributed by atoms with van der Waals surface area (Å²) in [5.41, 5.74) is 4.86. The number of rotatable bonds is 8. The molecule has 2 aliphatic heterocycles. The predicted molar refractivity (Wildman–Crippen MR) is 116 cm³/mol. The summed E-state index contributed by atoms with van der Waals surface area (Å²) in [5, 5.41) is 1.65. The van der Waals surface area contributed by atoms with E-state index in [9.17, 15) is 9.59 Å². The van der Waals surface area contributed by atoms with Crippen molar-refractivity contribution in [1.29, 1.82) is 0 Å². The molecule has 1 N–H and O–H groups in total. The van der Waals surface area contributed by atoms with Crippen molar-refractivity contribution < 1.29 is 23.8 Å². The molecule has 2 aliphatic rings. The lowest BCUT2D eigenvalue weighted by molar-refractivity contribution is -0.138. The van der Waals surface area contributed by atoms with Gasteiger partial charge in [-0.1, -0.05) is 24.3 Å². The number of carbonyl (C=O) groups is 2. The van der Waals surface area contributed by atoms with Gasteiger partial charge in [0.1, 0.15) is 6.26 Å². The molecule has 0 spiro atoms. The Labute approximate surface area is 187 Å². The maximum Gasteiger partial charge on any atom is 0.241 e. The largest absolute Gasteiger partial charge is 0.471 e. The fourth-order valence-electron chi connectivity index (χ4n) is 3.82. The Balaban J connectivity index is 1.37. The molecule has 3 unspecified atom stereocenters. The van der Waals surface area contributed by atoms with Crippen molar-refractivity contribution in [3.8, 4) is 0 Å². The van der Waals surface area contributed by atoms with Gasteiger partial charge < -0.3 is 14.2 Å². The Morgan fingerprint density at radius 2 is 2.06 bits per heavy atom. The van der Waals surface area contributed by atoms with Gasteiger partial charge in [-0.2, -0.15) is 0 Å². The van der Waals surface area contributed by atoms with Crippen molar-refractivity contribution in [2.45, 2.75) is 32.1 Å². The van der Waals surface area contributed by atoms with E-state index >= 15 is 0 Å². The summed E-state index contributed by atoms with van der Waals surface area (Å²) in [4.78, 5) is 29.4. The average molecular weight is 437 g/mol. The molecule has 32 heavy (non-hydrogen) atoms. The molecule has 8 heteroatoms. The van der Waals surface area contributed by atoms with Gasteiger partial charge in [0.15, 0.2) is 5.78 Å². The van der Waals surface area contributed by atoms with Gasteiger partial charge in [-0.05, 0) is 31.9 Å². The van der Waals surface area contributed by atoms with Gasteiger partial charge in [0.2, 0.25) is 12.1 Å². The van der Waals surface area contributed by atoms with E-state index < -0.39 is 6.23 Å². The van der Waals surface area contributed by atoms with E-state index in [0.717, 1.165) is 5.56 Å². The molecule has 0 bridgehead atoms. The Bertz CT molecular complexity index is 948. The topological polar surface area (TPSA) is 90.0 Å². The van der Waals surface area contributed by atoms with Crippen molar-refractivity contribution >= 4 is 11.7 Å². The van der Waals surface area contributed by atoms with Crippen LogP contribution < -0.4 is 5.43 Å². The van der Waals surface area contributed by atoms with Crippen LogP contribution in [0.4, 0.5) is 0 Å². The second kappa shape index (κ2) is 10.4. The molecule has 8 nitrogen and oxygen atoms in total. The smallest absolute Gasteiger partial charge is 0.241 e. The van der Waals surface area contributed by atoms with Crippen LogP contribution >= 0.6 is 0 Å². The summed E-state index contributed by atoms with van der Waals surface area (Å²) in [6, 6.07) is 10.6. The molecule has 1 saturated heterocycles. The fourth-order valence-corrected chi connectivity index (χ4v) is 3.82. The average Bonchev–Trinajstić information content (AvgIpc) is 3.31. The van der Waals surface area contributed by atoms with E-state index in [2.05, 4.69) is 10.4 Å². The number of pyridine rings is 1. The van der Waals surface area contributed by atoms with Crippen molar-refractivity contribution in [1.82, 2.24) is 15.4 Å². The number of amides is 1. The number of nitrogens with one attached hydrogen (secondary N) is 1. The Kier molecular flexibility index (Phi) is 7.14. The lowest BCUT2D eigenvalue weighted by Gasteiger charge is -2.31. The minimum Gasteiger partial charge on any atom is -0.471 e. The molecule has 3 heterocycles. The first kappa shape index (κ1) is 22.0. The zero-order valence-electron chi connectivity index (χ0n) is 18.0. The van der Waals surface area contributed by atoms with Crippen molar-refractivity contribution in [3.63, 3.8) is 0 Å². The molecule has 1 aromatic carbocycles. The van der Waals surface area contributed by atoms with Crippen LogP contribution in [0.1, 0.15) is 47.5 Å². The molecule has 0 saturated carbocycles. The summed E-state index contributed by atoms with van der Waals surface area (Å²) in [5.74, 6) is -0.317. The minimum absolute atomic E-state index is 0.0643. The molecule has 1 amide bonds. The monoisotopic (exact) mass is 437 g/mol. The standard InChI is InChI=1S/C24H27N3O5/c1-2-30-16-21-14-19(9-12-31-21)23(29)26-27-11-13-32-24(27)18-7-5-17(6-8-18)22(28)20-4-3-10-25-15-20/h3-8,10-11,13,15,19,21,24H,2,9,12,14,16H2,1H3,(H,26,29). The zero-order chi connectivity index (χ0) is 22.3. The van der Waals surface area contributed by atoms with Crippen LogP contribution in [0.25, 0.3) is 0 Å². The van der Waals surface area contributed by atoms with Crippen molar-refractivity contribution in [3.05, 3.63) is 77.9 Å². The molecular formula is C24H27N3O5. The molecule has 0 radical (unpaired) electrons. The highest BCUT2D eigenvalue weighted by molar-refractivity contribution is 6.08. The summed E-state index contributed by atoms with van der Waals surface area (Å²) < 4.78 is 16.8. The van der Waals surface area contributed by atoms with Crippen LogP contribution in [0.5, 0.6) is 0 Å². The van der Waals surface area contributed by atoms with E-state index in [1.54, 1.807) is 54.1 Å². The number of aromatic nitrogens is 1. The quantitative estimate of drug-likeness (QED) is 0.635. The molecule has 1 aromatic heterocycles. The number of ether oxygens (including phenoxy) is 3. The second-order valence-corrected chi connectivity index (χ2v) is 7.72. The fraction of sp³-hybridized carbons (Fsp3) is 0.375. The van der Waals surface area contributed by atoms with Gasteiger partial charge in [0, 0.05) is 48.2 Å². The maximum atomic E-state index is 12.9. The van der Waals surface area contributed by atoms with Gasteiger partial charge in [0.25, 0.3) is 0 Å². The summed E-state index contributed by atoms with van der Waals surface area (Å²) >= 11 is 0. The Morgan fingerprint density at radius 1 is 1.22 bits per heavy atom. The number of hydrazine groups is 1. The minimum atomic E-state index is -0.499. The van der Waals surface area contributed by atoms with E-state index in [1.807, 2.05) is 19.1 Å². The first-order chi connectivity index (χ1) is 15.7. The van der Waals surface area contributed by atoms with Gasteiger partial charge in [-0.3, -0.25) is 20.0 Å². The zero-order valence-corrected chi connectivity index (χ0v) is 18.0. The van der Waals surface area contributed by atoms with Crippen LogP contribution in [-0.4, -0.2) is 47.6 Å². The molecule has 1 fully saturated rings. The van der Waals surface area contributed by atoms with Crippen molar-refractivity contribution in [2.24, 2.45) is 5.92 Å².